The lowest BCUT2D eigenvalue weighted by molar-refractivity contribution is -0.144. The smallest absolute Gasteiger partial charge is 0.323 e. The highest BCUT2D eigenvalue weighted by molar-refractivity contribution is 5.86. The van der Waals surface area contributed by atoms with Crippen LogP contribution in [0.15, 0.2) is 24.3 Å². The molecule has 0 bridgehead atoms. The van der Waals surface area contributed by atoms with Crippen molar-refractivity contribution in [2.75, 3.05) is 20.2 Å². The summed E-state index contributed by atoms with van der Waals surface area (Å²) in [5.74, 6) is -0.271. The highest BCUT2D eigenvalue weighted by atomic mass is 16.5. The number of ether oxygens (including phenoxy) is 1. The molecule has 134 valence electrons. The molecule has 25 heavy (non-hydrogen) atoms. The first-order chi connectivity index (χ1) is 12.0. The molecule has 0 fully saturated rings. The minimum absolute atomic E-state index is 0.00508. The zero-order valence-electron chi connectivity index (χ0n) is 15.0. The number of amides is 1. The van der Waals surface area contributed by atoms with Gasteiger partial charge in [-0.05, 0) is 12.0 Å². The summed E-state index contributed by atoms with van der Waals surface area (Å²) in [4.78, 5) is 29.7. The number of rotatable bonds is 5. The van der Waals surface area contributed by atoms with Crippen molar-refractivity contribution in [2.24, 2.45) is 5.92 Å². The van der Waals surface area contributed by atoms with Crippen LogP contribution < -0.4 is 5.32 Å². The van der Waals surface area contributed by atoms with Crippen molar-refractivity contribution >= 4 is 22.8 Å². The molecule has 0 aliphatic carbocycles. The molecule has 0 saturated heterocycles. The van der Waals surface area contributed by atoms with Crippen molar-refractivity contribution in [1.82, 2.24) is 15.2 Å². The molecule has 1 aromatic heterocycles. The lowest BCUT2D eigenvalue weighted by Gasteiger charge is -2.28. The van der Waals surface area contributed by atoms with Gasteiger partial charge >= 0.3 is 5.97 Å². The van der Waals surface area contributed by atoms with Crippen molar-refractivity contribution in [3.63, 3.8) is 0 Å². The first-order valence-electron chi connectivity index (χ1n) is 8.68. The van der Waals surface area contributed by atoms with Gasteiger partial charge in [0.25, 0.3) is 0 Å². The number of carbonyl (C=O) groups excluding carboxylic acids is 2. The molecule has 1 atom stereocenters. The molecule has 1 aliphatic heterocycles. The zero-order chi connectivity index (χ0) is 18.0. The molecule has 3 rings (SSSR count). The largest absolute Gasteiger partial charge is 0.468 e. The normalized spacial score (nSPS) is 15.3. The van der Waals surface area contributed by atoms with E-state index in [1.165, 1.54) is 23.8 Å². The lowest BCUT2D eigenvalue weighted by Crippen LogP contribution is -2.48. The second-order valence-electron chi connectivity index (χ2n) is 6.82. The van der Waals surface area contributed by atoms with Crippen LogP contribution in [0, 0.1) is 5.92 Å². The van der Waals surface area contributed by atoms with E-state index in [0.717, 1.165) is 11.9 Å². The predicted molar refractivity (Wildman–Crippen MR) is 96.1 cm³/mol. The second-order valence-corrected chi connectivity index (χ2v) is 6.82. The van der Waals surface area contributed by atoms with Crippen molar-refractivity contribution in [2.45, 2.75) is 32.9 Å². The predicted octanol–water partition coefficient (Wildman–Crippen LogP) is 1.84. The Labute approximate surface area is 147 Å². The Balaban J connectivity index is 1.67. The molecular formula is C19H25N3O3. The van der Waals surface area contributed by atoms with Gasteiger partial charge in [-0.1, -0.05) is 32.0 Å². The molecule has 2 aromatic rings. The summed E-state index contributed by atoms with van der Waals surface area (Å²) in [6, 6.07) is 7.70. The molecule has 6 nitrogen and oxygen atoms in total. The summed E-state index contributed by atoms with van der Waals surface area (Å²) in [6.45, 7) is 5.28. The lowest BCUT2D eigenvalue weighted by atomic mass is 10.0. The minimum atomic E-state index is -0.470. The first kappa shape index (κ1) is 17.5. The Hall–Kier alpha value is -2.34. The first-order valence-corrected chi connectivity index (χ1v) is 8.68. The van der Waals surface area contributed by atoms with Gasteiger partial charge in [-0.15, -0.1) is 0 Å². The van der Waals surface area contributed by atoms with Crippen LogP contribution >= 0.6 is 0 Å². The summed E-state index contributed by atoms with van der Waals surface area (Å²) < 4.78 is 4.81. The summed E-state index contributed by atoms with van der Waals surface area (Å²) in [5.41, 5.74) is 3.53. The second kappa shape index (κ2) is 7.27. The summed E-state index contributed by atoms with van der Waals surface area (Å²) >= 11 is 0. The maximum atomic E-state index is 12.6. The molecular weight excluding hydrogens is 318 g/mol. The van der Waals surface area contributed by atoms with Crippen LogP contribution in [0.5, 0.6) is 0 Å². The monoisotopic (exact) mass is 343 g/mol. The minimum Gasteiger partial charge on any atom is -0.468 e. The Morgan fingerprint density at radius 3 is 2.80 bits per heavy atom. The maximum absolute atomic E-state index is 12.6. The molecule has 1 aromatic carbocycles. The highest BCUT2D eigenvalue weighted by Crippen LogP contribution is 2.27. The maximum Gasteiger partial charge on any atom is 0.323 e. The number of hydrogen-bond acceptors (Lipinski definition) is 4. The van der Waals surface area contributed by atoms with E-state index in [1.807, 2.05) is 30.9 Å². The van der Waals surface area contributed by atoms with E-state index >= 15 is 0 Å². The zero-order valence-corrected chi connectivity index (χ0v) is 15.0. The van der Waals surface area contributed by atoms with Crippen molar-refractivity contribution in [1.29, 1.82) is 0 Å². The van der Waals surface area contributed by atoms with Crippen LogP contribution in [0.4, 0.5) is 0 Å². The molecule has 0 saturated carbocycles. The van der Waals surface area contributed by atoms with Crippen molar-refractivity contribution in [3.8, 4) is 0 Å². The number of esters is 1. The molecule has 6 heteroatoms. The van der Waals surface area contributed by atoms with E-state index in [2.05, 4.69) is 22.4 Å². The average Bonchev–Trinajstić information content (AvgIpc) is 2.98. The Bertz CT molecular complexity index is 781. The van der Waals surface area contributed by atoms with Crippen LogP contribution in [-0.4, -0.2) is 48.0 Å². The highest BCUT2D eigenvalue weighted by Gasteiger charge is 2.27. The van der Waals surface area contributed by atoms with Gasteiger partial charge in [0.1, 0.15) is 6.04 Å². The standard InChI is InChI=1S/C19H25N3O3/c1-12(2)18(19(24)25-3)20-10-17(23)22-9-8-16-14(11-22)13-6-4-5-7-15(13)21-16/h4-7,12,18,20-21H,8-11H2,1-3H3. The number of methoxy groups -OCH3 is 1. The number of hydrogen-bond donors (Lipinski definition) is 2. The average molecular weight is 343 g/mol. The van der Waals surface area contributed by atoms with E-state index in [9.17, 15) is 9.59 Å². The molecule has 0 radical (unpaired) electrons. The molecule has 1 unspecified atom stereocenters. The summed E-state index contributed by atoms with van der Waals surface area (Å²) in [7, 11) is 1.37. The summed E-state index contributed by atoms with van der Waals surface area (Å²) in [5, 5.41) is 4.23. The van der Waals surface area contributed by atoms with Crippen LogP contribution in [0.1, 0.15) is 25.1 Å². The third kappa shape index (κ3) is 3.54. The molecule has 2 heterocycles. The number of nitrogens with one attached hydrogen (secondary N) is 2. The Morgan fingerprint density at radius 1 is 1.32 bits per heavy atom. The van der Waals surface area contributed by atoms with E-state index in [0.29, 0.717) is 13.1 Å². The number of para-hydroxylation sites is 1. The topological polar surface area (TPSA) is 74.4 Å². The van der Waals surface area contributed by atoms with E-state index in [-0.39, 0.29) is 24.3 Å². The number of benzene rings is 1. The third-order valence-corrected chi connectivity index (χ3v) is 4.83. The molecule has 0 spiro atoms. The van der Waals surface area contributed by atoms with Crippen LogP contribution in [0.2, 0.25) is 0 Å². The van der Waals surface area contributed by atoms with Crippen molar-refractivity contribution < 1.29 is 14.3 Å². The Morgan fingerprint density at radius 2 is 2.08 bits per heavy atom. The van der Waals surface area contributed by atoms with Gasteiger partial charge in [0.15, 0.2) is 0 Å². The number of nitrogens with zero attached hydrogens (tertiary/aromatic N) is 1. The number of H-pyrrole nitrogens is 1. The number of aromatic nitrogens is 1. The van der Waals surface area contributed by atoms with E-state index in [4.69, 9.17) is 4.74 Å². The van der Waals surface area contributed by atoms with E-state index < -0.39 is 6.04 Å². The molecule has 1 aliphatic rings. The van der Waals surface area contributed by atoms with Gasteiger partial charge in [-0.3, -0.25) is 14.9 Å². The van der Waals surface area contributed by atoms with Gasteiger partial charge < -0.3 is 14.6 Å². The molecule has 1 amide bonds. The van der Waals surface area contributed by atoms with Gasteiger partial charge in [0.2, 0.25) is 5.91 Å². The Kier molecular flexibility index (Phi) is 5.08. The fourth-order valence-corrected chi connectivity index (χ4v) is 3.41. The fraction of sp³-hybridized carbons (Fsp3) is 0.474. The van der Waals surface area contributed by atoms with Gasteiger partial charge in [0, 0.05) is 41.7 Å². The van der Waals surface area contributed by atoms with Crippen LogP contribution in [-0.2, 0) is 27.3 Å². The quantitative estimate of drug-likeness (QED) is 0.813. The van der Waals surface area contributed by atoms with Gasteiger partial charge in [-0.25, -0.2) is 0 Å². The van der Waals surface area contributed by atoms with Gasteiger partial charge in [-0.2, -0.15) is 0 Å². The SMILES string of the molecule is COC(=O)C(NCC(=O)N1CCc2[nH]c3ccccc3c2C1)C(C)C. The fourth-order valence-electron chi connectivity index (χ4n) is 3.41. The third-order valence-electron chi connectivity index (χ3n) is 4.83. The number of fused-ring (bicyclic) bond motifs is 3. The van der Waals surface area contributed by atoms with Crippen molar-refractivity contribution in [3.05, 3.63) is 35.5 Å². The number of aromatic amines is 1. The van der Waals surface area contributed by atoms with Crippen LogP contribution in [0.25, 0.3) is 10.9 Å². The van der Waals surface area contributed by atoms with E-state index in [1.54, 1.807) is 0 Å². The molecule has 2 N–H and O–H groups in total. The summed E-state index contributed by atoms with van der Waals surface area (Å²) in [6.07, 6.45) is 0.820. The van der Waals surface area contributed by atoms with Crippen LogP contribution in [0.3, 0.4) is 0 Å². The van der Waals surface area contributed by atoms with Gasteiger partial charge in [0.05, 0.1) is 13.7 Å². The number of carbonyl (C=O) groups is 2.